The third-order valence-corrected chi connectivity index (χ3v) is 2.42. The smallest absolute Gasteiger partial charge is 0.287 e. The first kappa shape index (κ1) is 12.3. The van der Waals surface area contributed by atoms with E-state index >= 15 is 0 Å². The molecule has 0 aromatic carbocycles. The van der Waals surface area contributed by atoms with Crippen molar-refractivity contribution in [1.82, 2.24) is 5.32 Å². The third kappa shape index (κ3) is 3.68. The number of carbonyl (C=O) groups excluding carboxylic acids is 1. The Morgan fingerprint density at radius 2 is 2.40 bits per heavy atom. The molecular formula is C10H14BrNO3. The zero-order valence-corrected chi connectivity index (χ0v) is 10.3. The summed E-state index contributed by atoms with van der Waals surface area (Å²) in [7, 11) is 1.61. The molecule has 1 aromatic heterocycles. The minimum atomic E-state index is -0.218. The summed E-state index contributed by atoms with van der Waals surface area (Å²) in [5, 5.41) is 2.82. The van der Waals surface area contributed by atoms with Gasteiger partial charge in [-0.3, -0.25) is 4.79 Å². The fourth-order valence-electron chi connectivity index (χ4n) is 1.16. The molecule has 0 aliphatic carbocycles. The van der Waals surface area contributed by atoms with Gasteiger partial charge in [0.15, 0.2) is 10.4 Å². The highest BCUT2D eigenvalue weighted by Crippen LogP contribution is 2.13. The molecule has 0 saturated carbocycles. The normalized spacial score (nSPS) is 12.5. The van der Waals surface area contributed by atoms with E-state index in [9.17, 15) is 4.79 Å². The standard InChI is InChI=1S/C10H14BrNO3/c1-3-7(6-14-2)12-10(13)8-4-5-9(11)15-8/h4-5,7H,3,6H2,1-2H3,(H,12,13). The molecule has 0 saturated heterocycles. The zero-order chi connectivity index (χ0) is 11.3. The summed E-state index contributed by atoms with van der Waals surface area (Å²) in [4.78, 5) is 11.6. The Labute approximate surface area is 97.1 Å². The number of nitrogens with one attached hydrogen (secondary N) is 1. The Hall–Kier alpha value is -0.810. The number of hydrogen-bond acceptors (Lipinski definition) is 3. The van der Waals surface area contributed by atoms with E-state index in [-0.39, 0.29) is 11.9 Å². The van der Waals surface area contributed by atoms with Crippen LogP contribution in [0.5, 0.6) is 0 Å². The largest absolute Gasteiger partial charge is 0.444 e. The maximum Gasteiger partial charge on any atom is 0.287 e. The van der Waals surface area contributed by atoms with Gasteiger partial charge in [-0.25, -0.2) is 0 Å². The van der Waals surface area contributed by atoms with Crippen molar-refractivity contribution in [1.29, 1.82) is 0 Å². The minimum absolute atomic E-state index is 0.0198. The number of halogens is 1. The van der Waals surface area contributed by atoms with Crippen molar-refractivity contribution in [2.24, 2.45) is 0 Å². The first-order valence-corrected chi connectivity index (χ1v) is 5.51. The molecule has 15 heavy (non-hydrogen) atoms. The molecule has 1 unspecified atom stereocenters. The van der Waals surface area contributed by atoms with E-state index in [4.69, 9.17) is 9.15 Å². The first-order valence-electron chi connectivity index (χ1n) is 4.72. The lowest BCUT2D eigenvalue weighted by Gasteiger charge is -2.14. The molecule has 0 aliphatic rings. The van der Waals surface area contributed by atoms with Gasteiger partial charge in [-0.2, -0.15) is 0 Å². The summed E-state index contributed by atoms with van der Waals surface area (Å²) in [5.41, 5.74) is 0. The van der Waals surface area contributed by atoms with E-state index in [2.05, 4.69) is 21.2 Å². The van der Waals surface area contributed by atoms with Crippen LogP contribution in [-0.4, -0.2) is 25.7 Å². The molecule has 0 fully saturated rings. The first-order chi connectivity index (χ1) is 7.17. The van der Waals surface area contributed by atoms with Gasteiger partial charge in [-0.15, -0.1) is 0 Å². The second-order valence-electron chi connectivity index (χ2n) is 3.14. The third-order valence-electron chi connectivity index (χ3n) is 1.99. The molecule has 84 valence electrons. The molecule has 1 N–H and O–H groups in total. The van der Waals surface area contributed by atoms with Crippen molar-refractivity contribution in [2.75, 3.05) is 13.7 Å². The Morgan fingerprint density at radius 1 is 1.67 bits per heavy atom. The van der Waals surface area contributed by atoms with E-state index in [1.54, 1.807) is 19.2 Å². The highest BCUT2D eigenvalue weighted by Gasteiger charge is 2.14. The number of hydrogen-bond donors (Lipinski definition) is 1. The van der Waals surface area contributed by atoms with Gasteiger partial charge < -0.3 is 14.5 Å². The number of amides is 1. The van der Waals surface area contributed by atoms with E-state index in [1.807, 2.05) is 6.92 Å². The molecule has 0 spiro atoms. The zero-order valence-electron chi connectivity index (χ0n) is 8.75. The lowest BCUT2D eigenvalue weighted by Crippen LogP contribution is -2.37. The van der Waals surface area contributed by atoms with Crippen molar-refractivity contribution in [3.05, 3.63) is 22.6 Å². The predicted octanol–water partition coefficient (Wildman–Crippen LogP) is 2.20. The van der Waals surface area contributed by atoms with Crippen LogP contribution in [0.4, 0.5) is 0 Å². The summed E-state index contributed by atoms with van der Waals surface area (Å²) in [6.07, 6.45) is 0.821. The van der Waals surface area contributed by atoms with Crippen LogP contribution < -0.4 is 5.32 Å². The summed E-state index contributed by atoms with van der Waals surface area (Å²) in [6, 6.07) is 3.33. The Balaban J connectivity index is 2.54. The molecule has 0 bridgehead atoms. The van der Waals surface area contributed by atoms with Crippen molar-refractivity contribution in [3.8, 4) is 0 Å². The fourth-order valence-corrected chi connectivity index (χ4v) is 1.46. The van der Waals surface area contributed by atoms with Gasteiger partial charge in [-0.05, 0) is 34.5 Å². The van der Waals surface area contributed by atoms with Crippen molar-refractivity contribution >= 4 is 21.8 Å². The quantitative estimate of drug-likeness (QED) is 0.896. The molecule has 5 heteroatoms. The average Bonchev–Trinajstić information content (AvgIpc) is 2.64. The van der Waals surface area contributed by atoms with E-state index < -0.39 is 0 Å². The number of methoxy groups -OCH3 is 1. The van der Waals surface area contributed by atoms with Crippen molar-refractivity contribution < 1.29 is 13.9 Å². The number of ether oxygens (including phenoxy) is 1. The maximum absolute atomic E-state index is 11.6. The summed E-state index contributed by atoms with van der Waals surface area (Å²) >= 11 is 3.14. The number of rotatable bonds is 5. The second kappa shape index (κ2) is 5.92. The number of furan rings is 1. The van der Waals surface area contributed by atoms with Crippen LogP contribution in [0.15, 0.2) is 21.2 Å². The summed E-state index contributed by atoms with van der Waals surface area (Å²) in [6.45, 7) is 2.49. The number of carbonyl (C=O) groups is 1. The van der Waals surface area contributed by atoms with Crippen LogP contribution in [0.2, 0.25) is 0 Å². The second-order valence-corrected chi connectivity index (χ2v) is 3.92. The molecule has 1 rings (SSSR count). The highest BCUT2D eigenvalue weighted by molar-refractivity contribution is 9.10. The Morgan fingerprint density at radius 3 is 2.87 bits per heavy atom. The molecule has 1 aromatic rings. The van der Waals surface area contributed by atoms with Crippen LogP contribution in [0.1, 0.15) is 23.9 Å². The molecule has 0 aliphatic heterocycles. The lowest BCUT2D eigenvalue weighted by atomic mass is 10.2. The fraction of sp³-hybridized carbons (Fsp3) is 0.500. The van der Waals surface area contributed by atoms with E-state index in [0.717, 1.165) is 6.42 Å². The van der Waals surface area contributed by atoms with Gasteiger partial charge in [0.25, 0.3) is 5.91 Å². The molecule has 1 heterocycles. The van der Waals surface area contributed by atoms with Crippen molar-refractivity contribution in [3.63, 3.8) is 0 Å². The lowest BCUT2D eigenvalue weighted by molar-refractivity contribution is 0.0866. The van der Waals surface area contributed by atoms with Gasteiger partial charge >= 0.3 is 0 Å². The van der Waals surface area contributed by atoms with E-state index in [0.29, 0.717) is 17.0 Å². The Kier molecular flexibility index (Phi) is 4.84. The van der Waals surface area contributed by atoms with E-state index in [1.165, 1.54) is 0 Å². The Bertz CT molecular complexity index is 324. The van der Waals surface area contributed by atoms with Crippen LogP contribution in [0, 0.1) is 0 Å². The summed E-state index contributed by atoms with van der Waals surface area (Å²) in [5.74, 6) is 0.0843. The summed E-state index contributed by atoms with van der Waals surface area (Å²) < 4.78 is 10.7. The topological polar surface area (TPSA) is 51.5 Å². The van der Waals surface area contributed by atoms with Crippen molar-refractivity contribution in [2.45, 2.75) is 19.4 Å². The van der Waals surface area contributed by atoms with Crippen LogP contribution in [-0.2, 0) is 4.74 Å². The average molecular weight is 276 g/mol. The highest BCUT2D eigenvalue weighted by atomic mass is 79.9. The predicted molar refractivity (Wildman–Crippen MR) is 59.8 cm³/mol. The molecular weight excluding hydrogens is 262 g/mol. The van der Waals surface area contributed by atoms with Gasteiger partial charge in [-0.1, -0.05) is 6.92 Å². The minimum Gasteiger partial charge on any atom is -0.444 e. The van der Waals surface area contributed by atoms with Crippen LogP contribution >= 0.6 is 15.9 Å². The maximum atomic E-state index is 11.6. The van der Waals surface area contributed by atoms with Crippen LogP contribution in [0.25, 0.3) is 0 Å². The molecule has 1 amide bonds. The van der Waals surface area contributed by atoms with Gasteiger partial charge in [0, 0.05) is 7.11 Å². The SMILES string of the molecule is CCC(COC)NC(=O)c1ccc(Br)o1. The van der Waals surface area contributed by atoms with Crippen LogP contribution in [0.3, 0.4) is 0 Å². The van der Waals surface area contributed by atoms with Gasteiger partial charge in [0.05, 0.1) is 12.6 Å². The monoisotopic (exact) mass is 275 g/mol. The molecule has 4 nitrogen and oxygen atoms in total. The molecule has 0 radical (unpaired) electrons. The van der Waals surface area contributed by atoms with Gasteiger partial charge in [0.1, 0.15) is 0 Å². The van der Waals surface area contributed by atoms with Gasteiger partial charge in [0.2, 0.25) is 0 Å². The molecule has 1 atom stereocenters.